The fourth-order valence-corrected chi connectivity index (χ4v) is 2.42. The summed E-state index contributed by atoms with van der Waals surface area (Å²) in [5.41, 5.74) is -0.00683. The Balaban J connectivity index is 1.96. The van der Waals surface area contributed by atoms with Gasteiger partial charge in [-0.3, -0.25) is 4.79 Å². The van der Waals surface area contributed by atoms with Gasteiger partial charge in [-0.05, 0) is 35.9 Å². The maximum absolute atomic E-state index is 13.3. The molecule has 0 spiro atoms. The monoisotopic (exact) mass is 371 g/mol. The number of halogens is 3. The molecule has 0 atom stereocenters. The zero-order valence-electron chi connectivity index (χ0n) is 13.7. The number of rotatable bonds is 4. The van der Waals surface area contributed by atoms with Crippen LogP contribution in [0.4, 0.5) is 18.9 Å². The lowest BCUT2D eigenvalue weighted by atomic mass is 10.1. The standard InChI is InChI=1S/C19H12F3N3O2/c1-23-13-3-2-4-15(11-13)27-17-10-12(5-7-16(17)19(20,21)22)9-14-6-8-18(26)25-24-14/h2-8,10-11H,9H2,(H,25,26). The van der Waals surface area contributed by atoms with Gasteiger partial charge in [-0.2, -0.15) is 18.3 Å². The summed E-state index contributed by atoms with van der Waals surface area (Å²) in [5, 5.41) is 6.13. The van der Waals surface area contributed by atoms with E-state index in [1.54, 1.807) is 0 Å². The fraction of sp³-hybridized carbons (Fsp3) is 0.105. The SMILES string of the molecule is [C-]#[N+]c1cccc(Oc2cc(Cc3ccc(=O)[nH]n3)ccc2C(F)(F)F)c1. The largest absolute Gasteiger partial charge is 0.458 e. The van der Waals surface area contributed by atoms with Crippen LogP contribution in [-0.2, 0) is 12.6 Å². The Bertz CT molecular complexity index is 1050. The highest BCUT2D eigenvalue weighted by molar-refractivity contribution is 5.51. The van der Waals surface area contributed by atoms with E-state index in [1.807, 2.05) is 0 Å². The van der Waals surface area contributed by atoms with Crippen molar-refractivity contribution in [2.45, 2.75) is 12.6 Å². The van der Waals surface area contributed by atoms with E-state index < -0.39 is 11.7 Å². The van der Waals surface area contributed by atoms with Gasteiger partial charge in [-0.25, -0.2) is 9.94 Å². The summed E-state index contributed by atoms with van der Waals surface area (Å²) in [6, 6.07) is 12.2. The van der Waals surface area contributed by atoms with Crippen LogP contribution in [0.15, 0.2) is 59.4 Å². The van der Waals surface area contributed by atoms with E-state index in [2.05, 4.69) is 15.0 Å². The van der Waals surface area contributed by atoms with Gasteiger partial charge in [0.1, 0.15) is 11.5 Å². The number of nitrogens with zero attached hydrogens (tertiary/aromatic N) is 2. The van der Waals surface area contributed by atoms with Crippen molar-refractivity contribution in [1.82, 2.24) is 10.2 Å². The lowest BCUT2D eigenvalue weighted by Crippen LogP contribution is -2.09. The van der Waals surface area contributed by atoms with Crippen molar-refractivity contribution in [3.63, 3.8) is 0 Å². The Morgan fingerprint density at radius 1 is 1.11 bits per heavy atom. The number of nitrogens with one attached hydrogen (secondary N) is 1. The summed E-state index contributed by atoms with van der Waals surface area (Å²) < 4.78 is 45.4. The molecule has 2 aromatic carbocycles. The van der Waals surface area contributed by atoms with Crippen LogP contribution in [0.1, 0.15) is 16.8 Å². The number of hydrogen-bond acceptors (Lipinski definition) is 3. The molecular formula is C19H12F3N3O2. The van der Waals surface area contributed by atoms with E-state index in [-0.39, 0.29) is 29.2 Å². The highest BCUT2D eigenvalue weighted by Crippen LogP contribution is 2.39. The molecule has 8 heteroatoms. The number of H-pyrrole nitrogens is 1. The molecule has 0 saturated carbocycles. The molecule has 136 valence electrons. The third kappa shape index (κ3) is 4.52. The molecule has 0 aliphatic heterocycles. The molecule has 0 bridgehead atoms. The van der Waals surface area contributed by atoms with Gasteiger partial charge in [-0.15, -0.1) is 0 Å². The van der Waals surface area contributed by atoms with Gasteiger partial charge < -0.3 is 4.74 Å². The average Bonchev–Trinajstić information content (AvgIpc) is 2.63. The van der Waals surface area contributed by atoms with Crippen molar-refractivity contribution in [3.8, 4) is 11.5 Å². The zero-order valence-corrected chi connectivity index (χ0v) is 13.7. The van der Waals surface area contributed by atoms with Crippen LogP contribution >= 0.6 is 0 Å². The van der Waals surface area contributed by atoms with Crippen LogP contribution in [0.5, 0.6) is 11.5 Å². The van der Waals surface area contributed by atoms with Crippen LogP contribution in [0.2, 0.25) is 0 Å². The first kappa shape index (κ1) is 18.2. The lowest BCUT2D eigenvalue weighted by Gasteiger charge is -2.15. The zero-order chi connectivity index (χ0) is 19.4. The van der Waals surface area contributed by atoms with Crippen LogP contribution in [-0.4, -0.2) is 10.2 Å². The van der Waals surface area contributed by atoms with Gasteiger partial charge in [0.15, 0.2) is 5.69 Å². The molecule has 0 fully saturated rings. The molecule has 1 heterocycles. The van der Waals surface area contributed by atoms with Crippen LogP contribution in [0, 0.1) is 6.57 Å². The summed E-state index contributed by atoms with van der Waals surface area (Å²) in [6.07, 6.45) is -4.38. The maximum Gasteiger partial charge on any atom is 0.419 e. The number of benzene rings is 2. The van der Waals surface area contributed by atoms with E-state index in [9.17, 15) is 18.0 Å². The van der Waals surface area contributed by atoms with Crippen molar-refractivity contribution in [2.24, 2.45) is 0 Å². The molecule has 0 unspecified atom stereocenters. The average molecular weight is 371 g/mol. The topological polar surface area (TPSA) is 59.3 Å². The van der Waals surface area contributed by atoms with Gasteiger partial charge >= 0.3 is 6.18 Å². The van der Waals surface area contributed by atoms with Crippen molar-refractivity contribution in [2.75, 3.05) is 0 Å². The summed E-state index contributed by atoms with van der Waals surface area (Å²) in [4.78, 5) is 14.3. The molecule has 0 saturated heterocycles. The van der Waals surface area contributed by atoms with Crippen molar-refractivity contribution in [3.05, 3.63) is 93.2 Å². The molecule has 1 N–H and O–H groups in total. The van der Waals surface area contributed by atoms with Gasteiger partial charge in [0, 0.05) is 12.5 Å². The summed E-state index contributed by atoms with van der Waals surface area (Å²) in [6.45, 7) is 6.99. The number of aromatic amines is 1. The highest BCUT2D eigenvalue weighted by Gasteiger charge is 2.34. The Morgan fingerprint density at radius 2 is 1.93 bits per heavy atom. The number of ether oxygens (including phenoxy) is 1. The molecule has 0 aliphatic carbocycles. The second-order valence-corrected chi connectivity index (χ2v) is 5.63. The van der Waals surface area contributed by atoms with Crippen LogP contribution in [0.25, 0.3) is 4.85 Å². The van der Waals surface area contributed by atoms with Gasteiger partial charge in [0.25, 0.3) is 5.56 Å². The third-order valence-electron chi connectivity index (χ3n) is 3.65. The molecule has 3 rings (SSSR count). The van der Waals surface area contributed by atoms with E-state index >= 15 is 0 Å². The van der Waals surface area contributed by atoms with Crippen LogP contribution in [0.3, 0.4) is 0 Å². The minimum Gasteiger partial charge on any atom is -0.458 e. The lowest BCUT2D eigenvalue weighted by molar-refractivity contribution is -0.138. The van der Waals surface area contributed by atoms with E-state index in [1.165, 1.54) is 48.5 Å². The Labute approximate surface area is 151 Å². The quantitative estimate of drug-likeness (QED) is 0.675. The molecular weight excluding hydrogens is 359 g/mol. The second kappa shape index (κ2) is 7.33. The Morgan fingerprint density at radius 3 is 2.59 bits per heavy atom. The van der Waals surface area contributed by atoms with Gasteiger partial charge in [0.05, 0.1) is 17.8 Å². The van der Waals surface area contributed by atoms with Crippen LogP contribution < -0.4 is 10.3 Å². The number of aromatic nitrogens is 2. The second-order valence-electron chi connectivity index (χ2n) is 5.63. The third-order valence-corrected chi connectivity index (χ3v) is 3.65. The highest BCUT2D eigenvalue weighted by atomic mass is 19.4. The molecule has 5 nitrogen and oxygen atoms in total. The van der Waals surface area contributed by atoms with Crippen molar-refractivity contribution < 1.29 is 17.9 Å². The normalized spacial score (nSPS) is 11.0. The Kier molecular flexibility index (Phi) is 4.94. The number of hydrogen-bond donors (Lipinski definition) is 1. The molecule has 3 aromatic rings. The predicted octanol–water partition coefficient (Wildman–Crippen LogP) is 4.72. The van der Waals surface area contributed by atoms with E-state index in [4.69, 9.17) is 11.3 Å². The van der Waals surface area contributed by atoms with Gasteiger partial charge in [0.2, 0.25) is 0 Å². The molecule has 0 aliphatic rings. The minimum atomic E-state index is -4.60. The summed E-state index contributed by atoms with van der Waals surface area (Å²) in [5.74, 6) is -0.236. The first-order chi connectivity index (χ1) is 12.8. The first-order valence-corrected chi connectivity index (χ1v) is 7.75. The predicted molar refractivity (Wildman–Crippen MR) is 91.9 cm³/mol. The first-order valence-electron chi connectivity index (χ1n) is 7.75. The molecule has 0 amide bonds. The molecule has 27 heavy (non-hydrogen) atoms. The maximum atomic E-state index is 13.3. The summed E-state index contributed by atoms with van der Waals surface area (Å²) >= 11 is 0. The van der Waals surface area contributed by atoms with E-state index in [0.717, 1.165) is 6.07 Å². The fourth-order valence-electron chi connectivity index (χ4n) is 2.42. The van der Waals surface area contributed by atoms with E-state index in [0.29, 0.717) is 11.3 Å². The summed E-state index contributed by atoms with van der Waals surface area (Å²) in [7, 11) is 0. The Hall–Kier alpha value is -3.60. The number of alkyl halides is 3. The minimum absolute atomic E-state index is 0.133. The smallest absolute Gasteiger partial charge is 0.419 e. The molecule has 1 aromatic heterocycles. The van der Waals surface area contributed by atoms with Crippen molar-refractivity contribution >= 4 is 5.69 Å². The molecule has 0 radical (unpaired) electrons. The van der Waals surface area contributed by atoms with Gasteiger partial charge in [-0.1, -0.05) is 18.2 Å². The van der Waals surface area contributed by atoms with Crippen molar-refractivity contribution in [1.29, 1.82) is 0 Å².